The van der Waals surface area contributed by atoms with Crippen molar-refractivity contribution in [3.8, 4) is 5.69 Å². The fraction of sp³-hybridized carbons (Fsp3) is 0.333. The van der Waals surface area contributed by atoms with Gasteiger partial charge in [-0.2, -0.15) is 5.10 Å². The lowest BCUT2D eigenvalue weighted by atomic mass is 10.2. The number of aromatic nitrogens is 4. The highest BCUT2D eigenvalue weighted by atomic mass is 32.1. The second kappa shape index (κ2) is 5.46. The summed E-state index contributed by atoms with van der Waals surface area (Å²) < 4.78 is 9.79. The summed E-state index contributed by atoms with van der Waals surface area (Å²) in [5, 5.41) is 4.55. The first-order valence-electron chi connectivity index (χ1n) is 6.90. The van der Waals surface area contributed by atoms with E-state index >= 15 is 0 Å². The Morgan fingerprint density at radius 3 is 2.90 bits per heavy atom. The molecular weight excluding hydrogens is 284 g/mol. The van der Waals surface area contributed by atoms with E-state index in [9.17, 15) is 0 Å². The van der Waals surface area contributed by atoms with Crippen LogP contribution >= 0.6 is 12.2 Å². The Morgan fingerprint density at radius 1 is 1.38 bits per heavy atom. The third-order valence-corrected chi connectivity index (χ3v) is 3.84. The number of hydrogen-bond acceptors (Lipinski definition) is 3. The highest BCUT2D eigenvalue weighted by Crippen LogP contribution is 2.23. The molecule has 6 heteroatoms. The third-order valence-electron chi connectivity index (χ3n) is 3.55. The lowest BCUT2D eigenvalue weighted by Gasteiger charge is -2.07. The maximum atomic E-state index is 5.50. The Kier molecular flexibility index (Phi) is 3.65. The molecule has 0 saturated carbocycles. The second-order valence-corrected chi connectivity index (χ2v) is 5.38. The quantitative estimate of drug-likeness (QED) is 0.753. The summed E-state index contributed by atoms with van der Waals surface area (Å²) in [7, 11) is 3.64. The first-order chi connectivity index (χ1) is 10.2. The third kappa shape index (κ3) is 2.30. The molecule has 110 valence electrons. The van der Waals surface area contributed by atoms with E-state index in [0.717, 1.165) is 34.5 Å². The van der Waals surface area contributed by atoms with E-state index in [-0.39, 0.29) is 0 Å². The summed E-state index contributed by atoms with van der Waals surface area (Å²) in [6, 6.07) is 8.19. The number of nitrogens with zero attached hydrogens (tertiary/aromatic N) is 3. The van der Waals surface area contributed by atoms with Gasteiger partial charge in [0, 0.05) is 14.2 Å². The largest absolute Gasteiger partial charge is 0.380 e. The number of ether oxygens (including phenoxy) is 1. The van der Waals surface area contributed by atoms with E-state index in [1.165, 1.54) is 0 Å². The van der Waals surface area contributed by atoms with E-state index in [2.05, 4.69) is 23.1 Å². The molecule has 0 atom stereocenters. The second-order valence-electron chi connectivity index (χ2n) is 4.99. The van der Waals surface area contributed by atoms with Crippen LogP contribution in [0.15, 0.2) is 24.3 Å². The molecule has 21 heavy (non-hydrogen) atoms. The predicted molar refractivity (Wildman–Crippen MR) is 85.3 cm³/mol. The molecule has 0 radical (unpaired) electrons. The van der Waals surface area contributed by atoms with Crippen LogP contribution in [0.4, 0.5) is 0 Å². The number of imidazole rings is 1. The van der Waals surface area contributed by atoms with Crippen LogP contribution in [0, 0.1) is 4.77 Å². The average Bonchev–Trinajstić information content (AvgIpc) is 2.96. The van der Waals surface area contributed by atoms with E-state index in [0.29, 0.717) is 11.4 Å². The molecule has 0 spiro atoms. The van der Waals surface area contributed by atoms with Gasteiger partial charge in [-0.15, -0.1) is 0 Å². The van der Waals surface area contributed by atoms with Crippen molar-refractivity contribution in [3.63, 3.8) is 0 Å². The first kappa shape index (κ1) is 14.0. The van der Waals surface area contributed by atoms with Crippen LogP contribution in [-0.2, 0) is 24.8 Å². The number of hydrogen-bond donors (Lipinski definition) is 1. The van der Waals surface area contributed by atoms with Crippen LogP contribution in [0.2, 0.25) is 0 Å². The summed E-state index contributed by atoms with van der Waals surface area (Å²) >= 11 is 5.50. The highest BCUT2D eigenvalue weighted by molar-refractivity contribution is 7.71. The summed E-state index contributed by atoms with van der Waals surface area (Å²) in [6.07, 6.45) is 0.871. The van der Waals surface area contributed by atoms with Gasteiger partial charge in [0.25, 0.3) is 0 Å². The topological polar surface area (TPSA) is 47.8 Å². The van der Waals surface area contributed by atoms with Gasteiger partial charge in [0.05, 0.1) is 18.0 Å². The van der Waals surface area contributed by atoms with Gasteiger partial charge in [-0.3, -0.25) is 4.57 Å². The molecule has 1 aromatic carbocycles. The molecule has 0 unspecified atom stereocenters. The Morgan fingerprint density at radius 2 is 2.19 bits per heavy atom. The number of methoxy groups -OCH3 is 1. The molecule has 0 aliphatic heterocycles. The van der Waals surface area contributed by atoms with Gasteiger partial charge in [-0.25, -0.2) is 4.68 Å². The summed E-state index contributed by atoms with van der Waals surface area (Å²) in [5.74, 6) is 0. The van der Waals surface area contributed by atoms with Crippen molar-refractivity contribution in [3.05, 3.63) is 40.3 Å². The molecule has 2 heterocycles. The van der Waals surface area contributed by atoms with Crippen LogP contribution in [0.1, 0.15) is 18.2 Å². The number of nitrogens with one attached hydrogen (secondary N) is 1. The number of rotatable bonds is 4. The van der Waals surface area contributed by atoms with Crippen molar-refractivity contribution >= 4 is 23.4 Å². The van der Waals surface area contributed by atoms with Crippen molar-refractivity contribution in [1.29, 1.82) is 0 Å². The zero-order valence-corrected chi connectivity index (χ0v) is 13.2. The Labute approximate surface area is 128 Å². The van der Waals surface area contributed by atoms with Gasteiger partial charge < -0.3 is 9.72 Å². The number of aryl methyl sites for hydroxylation is 2. The molecule has 3 aromatic rings. The van der Waals surface area contributed by atoms with Crippen LogP contribution in [0.3, 0.4) is 0 Å². The lowest BCUT2D eigenvalue weighted by Crippen LogP contribution is -2.01. The minimum Gasteiger partial charge on any atom is -0.380 e. The highest BCUT2D eigenvalue weighted by Gasteiger charge is 2.15. The van der Waals surface area contributed by atoms with Gasteiger partial charge in [-0.1, -0.05) is 19.1 Å². The number of H-pyrrole nitrogens is 1. The first-order valence-corrected chi connectivity index (χ1v) is 7.31. The molecule has 2 aromatic heterocycles. The molecular formula is C15H18N4OS. The van der Waals surface area contributed by atoms with E-state index in [1.54, 1.807) is 7.11 Å². The molecule has 3 rings (SSSR count). The molecule has 0 saturated heterocycles. The van der Waals surface area contributed by atoms with Crippen LogP contribution in [0.25, 0.3) is 16.9 Å². The minimum absolute atomic E-state index is 0.584. The molecule has 0 fully saturated rings. The molecule has 1 N–H and O–H groups in total. The monoisotopic (exact) mass is 302 g/mol. The standard InChI is InChI=1S/C15H18N4OS/c1-4-12-13-14(18(2)17-12)19(15(21)16-13)11-7-5-6-10(8-11)9-20-3/h5-8H,4,9H2,1-3H3,(H,16,21). The molecule has 0 aliphatic rings. The van der Waals surface area contributed by atoms with Gasteiger partial charge in [0.15, 0.2) is 10.4 Å². The van der Waals surface area contributed by atoms with Crippen LogP contribution in [-0.4, -0.2) is 26.4 Å². The molecule has 0 amide bonds. The average molecular weight is 302 g/mol. The Hall–Kier alpha value is -1.92. The van der Waals surface area contributed by atoms with Gasteiger partial charge >= 0.3 is 0 Å². The van der Waals surface area contributed by atoms with Gasteiger partial charge in [-0.05, 0) is 36.3 Å². The summed E-state index contributed by atoms with van der Waals surface area (Å²) in [5.41, 5.74) is 5.18. The van der Waals surface area contributed by atoms with E-state index < -0.39 is 0 Å². The van der Waals surface area contributed by atoms with Crippen LogP contribution < -0.4 is 0 Å². The predicted octanol–water partition coefficient (Wildman–Crippen LogP) is 3.13. The van der Waals surface area contributed by atoms with Gasteiger partial charge in [0.2, 0.25) is 0 Å². The van der Waals surface area contributed by atoms with E-state index in [4.69, 9.17) is 17.0 Å². The SMILES string of the molecule is CCc1nn(C)c2c1[nH]c(=S)n2-c1cccc(COC)c1. The maximum Gasteiger partial charge on any atom is 0.184 e. The number of fused-ring (bicyclic) bond motifs is 1. The van der Waals surface area contributed by atoms with Gasteiger partial charge in [0.1, 0.15) is 5.52 Å². The summed E-state index contributed by atoms with van der Waals surface area (Å²) in [6.45, 7) is 2.68. The Balaban J connectivity index is 2.25. The smallest absolute Gasteiger partial charge is 0.184 e. The lowest BCUT2D eigenvalue weighted by molar-refractivity contribution is 0.185. The molecule has 0 aliphatic carbocycles. The summed E-state index contributed by atoms with van der Waals surface area (Å²) in [4.78, 5) is 3.28. The van der Waals surface area contributed by atoms with Crippen molar-refractivity contribution in [1.82, 2.24) is 19.3 Å². The van der Waals surface area contributed by atoms with Crippen molar-refractivity contribution in [2.75, 3.05) is 7.11 Å². The minimum atomic E-state index is 0.584. The fourth-order valence-electron chi connectivity index (χ4n) is 2.65. The van der Waals surface area contributed by atoms with Crippen LogP contribution in [0.5, 0.6) is 0 Å². The normalized spacial score (nSPS) is 11.4. The Bertz CT molecular complexity index is 843. The van der Waals surface area contributed by atoms with Crippen molar-refractivity contribution in [2.45, 2.75) is 20.0 Å². The van der Waals surface area contributed by atoms with Crippen molar-refractivity contribution in [2.24, 2.45) is 7.05 Å². The fourth-order valence-corrected chi connectivity index (χ4v) is 2.95. The number of aromatic amines is 1. The zero-order valence-electron chi connectivity index (χ0n) is 12.4. The number of benzene rings is 1. The zero-order chi connectivity index (χ0) is 15.0. The van der Waals surface area contributed by atoms with Crippen molar-refractivity contribution < 1.29 is 4.74 Å². The molecule has 0 bridgehead atoms. The molecule has 5 nitrogen and oxygen atoms in total. The maximum absolute atomic E-state index is 5.50. The van der Waals surface area contributed by atoms with E-state index in [1.807, 2.05) is 34.5 Å².